The molecule has 0 aliphatic rings. The van der Waals surface area contributed by atoms with Crippen LogP contribution in [0.3, 0.4) is 0 Å². The van der Waals surface area contributed by atoms with Crippen molar-refractivity contribution in [3.63, 3.8) is 0 Å². The van der Waals surface area contributed by atoms with Crippen molar-refractivity contribution in [3.8, 4) is 6.01 Å². The summed E-state index contributed by atoms with van der Waals surface area (Å²) in [6.07, 6.45) is -1.68. The number of rotatable bonds is 4. The SMILES string of the molecule is COc1nc2ncc([C@@H](O)[C@H](O)CO)nc2c(=O)[nH]1. The molecule has 2 rings (SSSR count). The van der Waals surface area contributed by atoms with Gasteiger partial charge in [-0.15, -0.1) is 0 Å². The molecule has 0 aliphatic carbocycles. The molecule has 9 heteroatoms. The van der Waals surface area contributed by atoms with Crippen molar-refractivity contribution in [2.75, 3.05) is 13.7 Å². The molecule has 0 fully saturated rings. The van der Waals surface area contributed by atoms with Gasteiger partial charge in [-0.05, 0) is 0 Å². The summed E-state index contributed by atoms with van der Waals surface area (Å²) in [7, 11) is 1.34. The summed E-state index contributed by atoms with van der Waals surface area (Å²) >= 11 is 0. The molecule has 19 heavy (non-hydrogen) atoms. The van der Waals surface area contributed by atoms with Crippen LogP contribution in [0.1, 0.15) is 11.8 Å². The predicted octanol–water partition coefficient (Wildman–Crippen LogP) is -1.89. The fourth-order valence-corrected chi connectivity index (χ4v) is 1.45. The molecule has 2 heterocycles. The molecule has 2 aromatic heterocycles. The molecule has 0 bridgehead atoms. The van der Waals surface area contributed by atoms with Gasteiger partial charge >= 0.3 is 0 Å². The quantitative estimate of drug-likeness (QED) is 0.504. The second-order valence-electron chi connectivity index (χ2n) is 3.74. The molecule has 0 spiro atoms. The average molecular weight is 268 g/mol. The molecule has 0 aromatic carbocycles. The summed E-state index contributed by atoms with van der Waals surface area (Å²) in [5, 5.41) is 27.7. The fraction of sp³-hybridized carbons (Fsp3) is 0.400. The summed E-state index contributed by atoms with van der Waals surface area (Å²) < 4.78 is 4.78. The molecule has 2 aromatic rings. The van der Waals surface area contributed by atoms with Crippen LogP contribution in [0.4, 0.5) is 0 Å². The Balaban J connectivity index is 2.52. The second kappa shape index (κ2) is 5.26. The highest BCUT2D eigenvalue weighted by atomic mass is 16.5. The number of nitrogens with zero attached hydrogens (tertiary/aromatic N) is 3. The first-order valence-electron chi connectivity index (χ1n) is 5.34. The number of fused-ring (bicyclic) bond motifs is 1. The number of aromatic amines is 1. The standard InChI is InChI=1S/C10H12N4O5/c1-19-10-13-8-6(9(18)14-10)12-4(2-11-8)7(17)5(16)3-15/h2,5,7,15-17H,3H2,1H3,(H,11,13,14,18)/t5-,7-/m1/s1. The zero-order chi connectivity index (χ0) is 14.0. The Hall–Kier alpha value is -2.10. The minimum atomic E-state index is -1.44. The second-order valence-corrected chi connectivity index (χ2v) is 3.74. The average Bonchev–Trinajstić information content (AvgIpc) is 2.45. The number of aliphatic hydroxyl groups is 3. The highest BCUT2D eigenvalue weighted by Gasteiger charge is 2.20. The van der Waals surface area contributed by atoms with Crippen LogP contribution < -0.4 is 10.3 Å². The van der Waals surface area contributed by atoms with Gasteiger partial charge in [0, 0.05) is 0 Å². The number of nitrogens with one attached hydrogen (secondary N) is 1. The summed E-state index contributed by atoms with van der Waals surface area (Å²) in [5.41, 5.74) is -0.661. The van der Waals surface area contributed by atoms with Gasteiger partial charge in [0.1, 0.15) is 12.2 Å². The van der Waals surface area contributed by atoms with Gasteiger partial charge in [0.2, 0.25) is 0 Å². The van der Waals surface area contributed by atoms with Gasteiger partial charge in [-0.25, -0.2) is 9.97 Å². The molecule has 9 nitrogen and oxygen atoms in total. The van der Waals surface area contributed by atoms with Crippen LogP contribution in [-0.4, -0.2) is 55.1 Å². The number of aromatic nitrogens is 4. The monoisotopic (exact) mass is 268 g/mol. The maximum atomic E-state index is 11.7. The Labute approximate surface area is 106 Å². The summed E-state index contributed by atoms with van der Waals surface area (Å²) in [6, 6.07) is -0.00417. The smallest absolute Gasteiger partial charge is 0.298 e. The Morgan fingerprint density at radius 1 is 1.42 bits per heavy atom. The molecule has 0 saturated heterocycles. The van der Waals surface area contributed by atoms with Gasteiger partial charge in [-0.2, -0.15) is 4.98 Å². The van der Waals surface area contributed by atoms with E-state index in [4.69, 9.17) is 9.84 Å². The number of aliphatic hydroxyl groups excluding tert-OH is 3. The third kappa shape index (κ3) is 2.52. The van der Waals surface area contributed by atoms with Gasteiger partial charge in [-0.3, -0.25) is 9.78 Å². The molecule has 0 radical (unpaired) electrons. The van der Waals surface area contributed by atoms with Crippen LogP contribution in [0.15, 0.2) is 11.0 Å². The Kier molecular flexibility index (Phi) is 3.69. The minimum absolute atomic E-state index is 0.00417. The van der Waals surface area contributed by atoms with E-state index in [-0.39, 0.29) is 22.9 Å². The molecule has 2 atom stereocenters. The molecule has 102 valence electrons. The third-order valence-electron chi connectivity index (χ3n) is 2.46. The molecule has 0 aliphatic heterocycles. The van der Waals surface area contributed by atoms with Crippen LogP contribution in [0.5, 0.6) is 6.01 Å². The zero-order valence-corrected chi connectivity index (χ0v) is 9.94. The van der Waals surface area contributed by atoms with Crippen molar-refractivity contribution >= 4 is 11.2 Å². The molecule has 4 N–H and O–H groups in total. The van der Waals surface area contributed by atoms with Crippen molar-refractivity contribution in [2.24, 2.45) is 0 Å². The fourth-order valence-electron chi connectivity index (χ4n) is 1.45. The van der Waals surface area contributed by atoms with Gasteiger partial charge in [0.15, 0.2) is 11.2 Å². The van der Waals surface area contributed by atoms with Crippen molar-refractivity contribution < 1.29 is 20.1 Å². The van der Waals surface area contributed by atoms with Crippen LogP contribution >= 0.6 is 0 Å². The van der Waals surface area contributed by atoms with Crippen molar-refractivity contribution in [3.05, 3.63) is 22.2 Å². The maximum Gasteiger partial charge on any atom is 0.298 e. The lowest BCUT2D eigenvalue weighted by molar-refractivity contribution is -0.0173. The van der Waals surface area contributed by atoms with Crippen molar-refractivity contribution in [2.45, 2.75) is 12.2 Å². The zero-order valence-electron chi connectivity index (χ0n) is 9.94. The first-order valence-corrected chi connectivity index (χ1v) is 5.34. The van der Waals surface area contributed by atoms with E-state index < -0.39 is 24.4 Å². The summed E-state index contributed by atoms with van der Waals surface area (Å²) in [5.74, 6) is 0. The lowest BCUT2D eigenvalue weighted by Gasteiger charge is -2.14. The number of hydrogen-bond donors (Lipinski definition) is 4. The van der Waals surface area contributed by atoms with Crippen molar-refractivity contribution in [1.82, 2.24) is 19.9 Å². The molecular weight excluding hydrogens is 256 g/mol. The number of ether oxygens (including phenoxy) is 1. The number of methoxy groups -OCH3 is 1. The van der Waals surface area contributed by atoms with Crippen molar-refractivity contribution in [1.29, 1.82) is 0 Å². The third-order valence-corrected chi connectivity index (χ3v) is 2.46. The van der Waals surface area contributed by atoms with Crippen LogP contribution in [0.25, 0.3) is 11.2 Å². The lowest BCUT2D eigenvalue weighted by atomic mass is 10.1. The Bertz CT molecular complexity index is 643. The Morgan fingerprint density at radius 3 is 2.79 bits per heavy atom. The van der Waals surface area contributed by atoms with E-state index in [2.05, 4.69) is 19.9 Å². The predicted molar refractivity (Wildman–Crippen MR) is 62.6 cm³/mol. The van der Waals surface area contributed by atoms with E-state index in [9.17, 15) is 15.0 Å². The van der Waals surface area contributed by atoms with E-state index in [1.165, 1.54) is 7.11 Å². The highest BCUT2D eigenvalue weighted by Crippen LogP contribution is 2.15. The minimum Gasteiger partial charge on any atom is -0.468 e. The summed E-state index contributed by atoms with van der Waals surface area (Å²) in [4.78, 5) is 25.6. The molecule has 0 amide bonds. The number of hydrogen-bond acceptors (Lipinski definition) is 8. The maximum absolute atomic E-state index is 11.7. The molecule has 0 saturated carbocycles. The summed E-state index contributed by atoms with van der Waals surface area (Å²) in [6.45, 7) is -0.641. The normalized spacial score (nSPS) is 14.3. The lowest BCUT2D eigenvalue weighted by Crippen LogP contribution is -2.24. The van der Waals surface area contributed by atoms with E-state index >= 15 is 0 Å². The van der Waals surface area contributed by atoms with E-state index in [1.54, 1.807) is 0 Å². The molecule has 0 unspecified atom stereocenters. The van der Waals surface area contributed by atoms with Gasteiger partial charge in [0.05, 0.1) is 25.6 Å². The highest BCUT2D eigenvalue weighted by molar-refractivity contribution is 5.68. The first kappa shape index (κ1) is 13.3. The topological polar surface area (TPSA) is 141 Å². The Morgan fingerprint density at radius 2 is 2.16 bits per heavy atom. The van der Waals surface area contributed by atoms with Crippen LogP contribution in [0, 0.1) is 0 Å². The molecular formula is C10H12N4O5. The van der Waals surface area contributed by atoms with Gasteiger partial charge in [0.25, 0.3) is 11.6 Å². The van der Waals surface area contributed by atoms with Gasteiger partial charge < -0.3 is 20.1 Å². The first-order chi connectivity index (χ1) is 9.06. The number of H-pyrrole nitrogens is 1. The van der Waals surface area contributed by atoms with Gasteiger partial charge in [-0.1, -0.05) is 0 Å². The van der Waals surface area contributed by atoms with E-state index in [0.29, 0.717) is 0 Å². The largest absolute Gasteiger partial charge is 0.468 e. The van der Waals surface area contributed by atoms with E-state index in [1.807, 2.05) is 0 Å². The van der Waals surface area contributed by atoms with Crippen LogP contribution in [-0.2, 0) is 0 Å². The van der Waals surface area contributed by atoms with E-state index in [0.717, 1.165) is 6.20 Å². The van der Waals surface area contributed by atoms with Crippen LogP contribution in [0.2, 0.25) is 0 Å².